The molecular formula is C15H18O2S2. The Morgan fingerprint density at radius 2 is 2.00 bits per heavy atom. The molecule has 4 heteroatoms. The first-order valence-electron chi connectivity index (χ1n) is 6.24. The zero-order valence-corrected chi connectivity index (χ0v) is 12.8. The number of rotatable bonds is 6. The average Bonchev–Trinajstić information content (AvgIpc) is 2.98. The number of methoxy groups -OCH3 is 1. The minimum absolute atomic E-state index is 0.123. The Balaban J connectivity index is 1.89. The molecule has 2 atom stereocenters. The summed E-state index contributed by atoms with van der Waals surface area (Å²) in [5.74, 6) is 1.56. The molecule has 2 aromatic rings. The number of aryl methyl sites for hydroxylation is 1. The number of hydrogen-bond acceptors (Lipinski definition) is 3. The first-order chi connectivity index (χ1) is 9.20. The second-order valence-corrected chi connectivity index (χ2v) is 7.20. The fourth-order valence-electron chi connectivity index (χ4n) is 1.84. The Labute approximate surface area is 120 Å². The smallest absolute Gasteiger partial charge is 0.118 e. The van der Waals surface area contributed by atoms with Crippen LogP contribution in [0.5, 0.6) is 5.75 Å². The van der Waals surface area contributed by atoms with E-state index in [0.717, 1.165) is 12.2 Å². The maximum atomic E-state index is 12.2. The van der Waals surface area contributed by atoms with E-state index in [1.807, 2.05) is 42.6 Å². The quantitative estimate of drug-likeness (QED) is 0.810. The lowest BCUT2D eigenvalue weighted by atomic mass is 10.2. The summed E-state index contributed by atoms with van der Waals surface area (Å²) in [6.45, 7) is 2.04. The molecule has 0 amide bonds. The highest BCUT2D eigenvalue weighted by molar-refractivity contribution is 7.85. The third-order valence-electron chi connectivity index (χ3n) is 3.09. The third-order valence-corrected chi connectivity index (χ3v) is 5.94. The van der Waals surface area contributed by atoms with Crippen molar-refractivity contribution in [2.24, 2.45) is 0 Å². The molecule has 0 fully saturated rings. The maximum absolute atomic E-state index is 12.2. The topological polar surface area (TPSA) is 26.3 Å². The van der Waals surface area contributed by atoms with Crippen molar-refractivity contribution < 1.29 is 8.95 Å². The van der Waals surface area contributed by atoms with Gasteiger partial charge in [-0.3, -0.25) is 4.21 Å². The SMILES string of the molecule is COc1ccc(CC[S@@](=O)[C@H](C)c2cccs2)cc1. The van der Waals surface area contributed by atoms with Crippen molar-refractivity contribution in [1.82, 2.24) is 0 Å². The van der Waals surface area contributed by atoms with E-state index < -0.39 is 10.8 Å². The van der Waals surface area contributed by atoms with Gasteiger partial charge in [0, 0.05) is 21.4 Å². The van der Waals surface area contributed by atoms with Crippen molar-refractivity contribution in [3.05, 3.63) is 52.2 Å². The zero-order valence-electron chi connectivity index (χ0n) is 11.2. The maximum Gasteiger partial charge on any atom is 0.118 e. The summed E-state index contributed by atoms with van der Waals surface area (Å²) >= 11 is 1.68. The summed E-state index contributed by atoms with van der Waals surface area (Å²) in [6, 6.07) is 12.0. The van der Waals surface area contributed by atoms with E-state index in [1.165, 1.54) is 10.4 Å². The van der Waals surface area contributed by atoms with E-state index in [1.54, 1.807) is 18.4 Å². The summed E-state index contributed by atoms with van der Waals surface area (Å²) in [7, 11) is 0.837. The van der Waals surface area contributed by atoms with Gasteiger partial charge in [0.15, 0.2) is 0 Å². The van der Waals surface area contributed by atoms with Crippen molar-refractivity contribution in [2.45, 2.75) is 18.6 Å². The Morgan fingerprint density at radius 1 is 1.26 bits per heavy atom. The van der Waals surface area contributed by atoms with Crippen LogP contribution in [0.2, 0.25) is 0 Å². The van der Waals surface area contributed by atoms with Crippen LogP contribution in [0.15, 0.2) is 41.8 Å². The summed E-state index contributed by atoms with van der Waals surface area (Å²) in [5, 5.41) is 2.16. The molecule has 1 aromatic heterocycles. The lowest BCUT2D eigenvalue weighted by Gasteiger charge is -2.09. The van der Waals surface area contributed by atoms with Gasteiger partial charge in [0.25, 0.3) is 0 Å². The van der Waals surface area contributed by atoms with Crippen molar-refractivity contribution in [3.63, 3.8) is 0 Å². The van der Waals surface area contributed by atoms with E-state index in [-0.39, 0.29) is 5.25 Å². The minimum Gasteiger partial charge on any atom is -0.497 e. The van der Waals surface area contributed by atoms with Gasteiger partial charge in [0.2, 0.25) is 0 Å². The van der Waals surface area contributed by atoms with Gasteiger partial charge in [-0.1, -0.05) is 18.2 Å². The van der Waals surface area contributed by atoms with E-state index in [4.69, 9.17) is 4.74 Å². The fraction of sp³-hybridized carbons (Fsp3) is 0.333. The highest BCUT2D eigenvalue weighted by atomic mass is 32.2. The van der Waals surface area contributed by atoms with E-state index in [2.05, 4.69) is 6.07 Å². The lowest BCUT2D eigenvalue weighted by molar-refractivity contribution is 0.414. The largest absolute Gasteiger partial charge is 0.497 e. The number of hydrogen-bond donors (Lipinski definition) is 0. The Morgan fingerprint density at radius 3 is 2.58 bits per heavy atom. The standard InChI is InChI=1S/C15H18O2S2/c1-12(15-4-3-10-18-15)19(16)11-9-13-5-7-14(17-2)8-6-13/h3-8,10,12H,9,11H2,1-2H3/t12-,19-/m1/s1. The van der Waals surface area contributed by atoms with Crippen molar-refractivity contribution in [2.75, 3.05) is 12.9 Å². The fourth-order valence-corrected chi connectivity index (χ4v) is 4.12. The van der Waals surface area contributed by atoms with Crippen LogP contribution in [0.3, 0.4) is 0 Å². The van der Waals surface area contributed by atoms with Gasteiger partial charge in [0.1, 0.15) is 5.75 Å². The molecule has 0 saturated heterocycles. The molecule has 1 heterocycles. The Kier molecular flexibility index (Phi) is 5.16. The highest BCUT2D eigenvalue weighted by Crippen LogP contribution is 2.24. The van der Waals surface area contributed by atoms with E-state index in [9.17, 15) is 4.21 Å². The van der Waals surface area contributed by atoms with Crippen LogP contribution in [0, 0.1) is 0 Å². The van der Waals surface area contributed by atoms with Gasteiger partial charge in [0.05, 0.1) is 12.4 Å². The van der Waals surface area contributed by atoms with Crippen molar-refractivity contribution >= 4 is 22.1 Å². The van der Waals surface area contributed by atoms with Crippen molar-refractivity contribution in [1.29, 1.82) is 0 Å². The summed E-state index contributed by atoms with van der Waals surface area (Å²) in [4.78, 5) is 1.20. The summed E-state index contributed by atoms with van der Waals surface area (Å²) in [5.41, 5.74) is 1.20. The molecule has 2 nitrogen and oxygen atoms in total. The van der Waals surface area contributed by atoms with Gasteiger partial charge < -0.3 is 4.74 Å². The average molecular weight is 294 g/mol. The minimum atomic E-state index is -0.823. The van der Waals surface area contributed by atoms with Gasteiger partial charge in [-0.2, -0.15) is 0 Å². The second kappa shape index (κ2) is 6.87. The van der Waals surface area contributed by atoms with Gasteiger partial charge >= 0.3 is 0 Å². The summed E-state index contributed by atoms with van der Waals surface area (Å²) in [6.07, 6.45) is 0.840. The van der Waals surface area contributed by atoms with Gasteiger partial charge in [-0.15, -0.1) is 11.3 Å². The van der Waals surface area contributed by atoms with Crippen LogP contribution < -0.4 is 4.74 Å². The number of benzene rings is 1. The van der Waals surface area contributed by atoms with Crippen LogP contribution >= 0.6 is 11.3 Å². The predicted molar refractivity (Wildman–Crippen MR) is 82.4 cm³/mol. The van der Waals surface area contributed by atoms with Crippen LogP contribution in [0.25, 0.3) is 0 Å². The van der Waals surface area contributed by atoms with Crippen LogP contribution in [-0.2, 0) is 17.2 Å². The molecule has 0 aliphatic heterocycles. The predicted octanol–water partition coefficient (Wildman–Crippen LogP) is 3.81. The molecule has 19 heavy (non-hydrogen) atoms. The van der Waals surface area contributed by atoms with E-state index >= 15 is 0 Å². The molecule has 0 N–H and O–H groups in total. The van der Waals surface area contributed by atoms with Gasteiger partial charge in [-0.25, -0.2) is 0 Å². The molecule has 0 spiro atoms. The molecule has 102 valence electrons. The van der Waals surface area contributed by atoms with Crippen LogP contribution in [0.1, 0.15) is 22.6 Å². The first-order valence-corrected chi connectivity index (χ1v) is 8.50. The summed E-state index contributed by atoms with van der Waals surface area (Å²) < 4.78 is 17.4. The molecule has 0 bridgehead atoms. The first kappa shape index (κ1) is 14.3. The Hall–Kier alpha value is -1.13. The molecule has 0 radical (unpaired) electrons. The normalized spacial score (nSPS) is 14.0. The second-order valence-electron chi connectivity index (χ2n) is 4.34. The lowest BCUT2D eigenvalue weighted by Crippen LogP contribution is -2.07. The molecule has 0 aliphatic rings. The number of ether oxygens (including phenoxy) is 1. The third kappa shape index (κ3) is 3.91. The molecule has 1 aromatic carbocycles. The molecule has 0 aliphatic carbocycles. The van der Waals surface area contributed by atoms with Crippen LogP contribution in [0.4, 0.5) is 0 Å². The van der Waals surface area contributed by atoms with E-state index in [0.29, 0.717) is 5.75 Å². The zero-order chi connectivity index (χ0) is 13.7. The molecule has 0 unspecified atom stereocenters. The van der Waals surface area contributed by atoms with Crippen LogP contribution in [-0.4, -0.2) is 17.1 Å². The van der Waals surface area contributed by atoms with Crippen molar-refractivity contribution in [3.8, 4) is 5.75 Å². The molecular weight excluding hydrogens is 276 g/mol. The Bertz CT molecular complexity index is 518. The number of thiophene rings is 1. The molecule has 2 rings (SSSR count). The monoisotopic (exact) mass is 294 g/mol. The molecule has 0 saturated carbocycles. The van der Waals surface area contributed by atoms with Gasteiger partial charge in [-0.05, 0) is 42.5 Å². The highest BCUT2D eigenvalue weighted by Gasteiger charge is 2.14.